The molecule has 0 N–H and O–H groups in total. The summed E-state index contributed by atoms with van der Waals surface area (Å²) in [6.07, 6.45) is 10.9. The molecule has 0 aromatic heterocycles. The summed E-state index contributed by atoms with van der Waals surface area (Å²) in [5.41, 5.74) is 6.75. The van der Waals surface area contributed by atoms with E-state index in [4.69, 9.17) is 18.9 Å². The number of hydrogen-bond acceptors (Lipinski definition) is 8. The number of aryl methyl sites for hydroxylation is 2. The third-order valence-corrected chi connectivity index (χ3v) is 9.82. The van der Waals surface area contributed by atoms with Crippen LogP contribution >= 0.6 is 0 Å². The highest BCUT2D eigenvalue weighted by Gasteiger charge is 2.30. The fourth-order valence-electron chi connectivity index (χ4n) is 7.71. The summed E-state index contributed by atoms with van der Waals surface area (Å²) in [4.78, 5) is 48.7. The van der Waals surface area contributed by atoms with E-state index in [0.717, 1.165) is 90.3 Å². The maximum absolute atomic E-state index is 12.3. The molecule has 260 valence electrons. The van der Waals surface area contributed by atoms with Crippen LogP contribution in [0.15, 0.2) is 42.5 Å². The van der Waals surface area contributed by atoms with Crippen LogP contribution in [0.2, 0.25) is 0 Å². The van der Waals surface area contributed by atoms with E-state index in [-0.39, 0.29) is 41.2 Å². The van der Waals surface area contributed by atoms with Crippen LogP contribution in [0.3, 0.4) is 0 Å². The molecule has 2 aliphatic carbocycles. The minimum Gasteiger partial charge on any atom is -0.426 e. The Morgan fingerprint density at radius 1 is 0.510 bits per heavy atom. The summed E-state index contributed by atoms with van der Waals surface area (Å²) in [5.74, 6) is -0.163. The predicted octanol–water partition coefficient (Wildman–Crippen LogP) is 9.28. The number of carbonyl (C=O) groups excluding carboxylic acids is 4. The standard InChI is InChI=1S/C41H48O8/c1-24-19-38(47-27(4)43)35(30-13-9-7-10-14-30)22-33(24)41(32-17-18-37(46-26(3)42)40(21-32)49-29(6)45)34-23-36(31-15-11-8-12-16-31)39(20-25(34)2)48-28(5)44/h17-23,30-31,41H,7-16H2,1-6H3. The average molecular weight is 669 g/mol. The first-order valence-electron chi connectivity index (χ1n) is 17.6. The van der Waals surface area contributed by atoms with Gasteiger partial charge in [0.15, 0.2) is 11.5 Å². The van der Waals surface area contributed by atoms with Crippen molar-refractivity contribution in [2.24, 2.45) is 0 Å². The van der Waals surface area contributed by atoms with Gasteiger partial charge in [0, 0.05) is 33.6 Å². The zero-order valence-corrected chi connectivity index (χ0v) is 29.6. The van der Waals surface area contributed by atoms with Gasteiger partial charge >= 0.3 is 23.9 Å². The van der Waals surface area contributed by atoms with Gasteiger partial charge < -0.3 is 18.9 Å². The molecule has 2 aliphatic rings. The van der Waals surface area contributed by atoms with Gasteiger partial charge in [-0.25, -0.2) is 0 Å². The van der Waals surface area contributed by atoms with Crippen LogP contribution in [0.5, 0.6) is 23.0 Å². The largest absolute Gasteiger partial charge is 0.426 e. The second-order valence-electron chi connectivity index (χ2n) is 13.7. The molecule has 3 aromatic carbocycles. The zero-order chi connectivity index (χ0) is 35.2. The van der Waals surface area contributed by atoms with Gasteiger partial charge in [-0.1, -0.05) is 56.7 Å². The average Bonchev–Trinajstić information content (AvgIpc) is 3.04. The van der Waals surface area contributed by atoms with E-state index < -0.39 is 11.9 Å². The van der Waals surface area contributed by atoms with Crippen molar-refractivity contribution in [2.45, 2.75) is 124 Å². The number of ether oxygens (including phenoxy) is 4. The summed E-state index contributed by atoms with van der Waals surface area (Å²) in [6.45, 7) is 9.51. The van der Waals surface area contributed by atoms with Crippen molar-refractivity contribution < 1.29 is 38.1 Å². The summed E-state index contributed by atoms with van der Waals surface area (Å²) < 4.78 is 22.7. The first kappa shape index (κ1) is 35.8. The summed E-state index contributed by atoms with van der Waals surface area (Å²) >= 11 is 0. The van der Waals surface area contributed by atoms with Gasteiger partial charge in [0.25, 0.3) is 0 Å². The number of esters is 4. The highest BCUT2D eigenvalue weighted by atomic mass is 16.6. The molecule has 0 saturated heterocycles. The van der Waals surface area contributed by atoms with E-state index in [1.54, 1.807) is 12.1 Å². The molecule has 0 spiro atoms. The normalized spacial score (nSPS) is 15.5. The lowest BCUT2D eigenvalue weighted by atomic mass is 9.75. The first-order valence-corrected chi connectivity index (χ1v) is 17.6. The lowest BCUT2D eigenvalue weighted by Crippen LogP contribution is -2.15. The molecule has 0 unspecified atom stereocenters. The molecule has 0 atom stereocenters. The van der Waals surface area contributed by atoms with Crippen LogP contribution in [0.25, 0.3) is 0 Å². The summed E-state index contributed by atoms with van der Waals surface area (Å²) in [7, 11) is 0. The number of carbonyl (C=O) groups is 4. The second-order valence-corrected chi connectivity index (χ2v) is 13.7. The van der Waals surface area contributed by atoms with Gasteiger partial charge in [0.1, 0.15) is 11.5 Å². The van der Waals surface area contributed by atoms with E-state index >= 15 is 0 Å². The molecule has 8 heteroatoms. The third-order valence-electron chi connectivity index (χ3n) is 9.82. The number of benzene rings is 3. The van der Waals surface area contributed by atoms with Crippen LogP contribution < -0.4 is 18.9 Å². The topological polar surface area (TPSA) is 105 Å². The second kappa shape index (κ2) is 15.8. The Bertz CT molecular complexity index is 1640. The first-order chi connectivity index (χ1) is 23.4. The highest BCUT2D eigenvalue weighted by Crippen LogP contribution is 2.47. The Hall–Kier alpha value is -4.46. The maximum atomic E-state index is 12.3. The van der Waals surface area contributed by atoms with Crippen LogP contribution in [0.1, 0.15) is 149 Å². The van der Waals surface area contributed by atoms with Crippen LogP contribution in [-0.2, 0) is 19.2 Å². The van der Waals surface area contributed by atoms with Crippen molar-refractivity contribution in [2.75, 3.05) is 0 Å². The van der Waals surface area contributed by atoms with E-state index in [0.29, 0.717) is 11.5 Å². The Kier molecular flexibility index (Phi) is 11.6. The fourth-order valence-corrected chi connectivity index (χ4v) is 7.71. The molecule has 0 amide bonds. The van der Waals surface area contributed by atoms with Crippen molar-refractivity contribution in [1.82, 2.24) is 0 Å². The van der Waals surface area contributed by atoms with Gasteiger partial charge in [-0.15, -0.1) is 0 Å². The molecule has 2 saturated carbocycles. The monoisotopic (exact) mass is 668 g/mol. The quantitative estimate of drug-likeness (QED) is 0.126. The fraction of sp³-hybridized carbons (Fsp3) is 0.463. The molecular formula is C41H48O8. The minimum absolute atomic E-state index is 0.147. The SMILES string of the molecule is CC(=O)Oc1ccc(C(c2cc(C3CCCCC3)c(OC(C)=O)cc2C)c2cc(C3CCCCC3)c(OC(C)=O)cc2C)cc1OC(C)=O. The molecule has 0 aliphatic heterocycles. The Labute approximate surface area is 289 Å². The predicted molar refractivity (Wildman–Crippen MR) is 187 cm³/mol. The van der Waals surface area contributed by atoms with E-state index in [9.17, 15) is 19.2 Å². The molecule has 0 heterocycles. The molecule has 2 fully saturated rings. The van der Waals surface area contributed by atoms with Crippen molar-refractivity contribution in [3.8, 4) is 23.0 Å². The van der Waals surface area contributed by atoms with Gasteiger partial charge in [-0.05, 0) is 115 Å². The van der Waals surface area contributed by atoms with Gasteiger partial charge in [-0.3, -0.25) is 19.2 Å². The van der Waals surface area contributed by atoms with Crippen LogP contribution in [0, 0.1) is 13.8 Å². The molecule has 3 aromatic rings. The van der Waals surface area contributed by atoms with E-state index in [1.807, 2.05) is 32.0 Å². The number of rotatable bonds is 9. The lowest BCUT2D eigenvalue weighted by molar-refractivity contribution is -0.134. The lowest BCUT2D eigenvalue weighted by Gasteiger charge is -2.30. The summed E-state index contributed by atoms with van der Waals surface area (Å²) in [5, 5.41) is 0. The molecule has 0 bridgehead atoms. The van der Waals surface area contributed by atoms with Crippen LogP contribution in [0.4, 0.5) is 0 Å². The molecular weight excluding hydrogens is 620 g/mol. The van der Waals surface area contributed by atoms with E-state index in [1.165, 1.54) is 40.5 Å². The van der Waals surface area contributed by atoms with Crippen molar-refractivity contribution >= 4 is 23.9 Å². The summed E-state index contributed by atoms with van der Waals surface area (Å²) in [6, 6.07) is 13.7. The molecule has 0 radical (unpaired) electrons. The van der Waals surface area contributed by atoms with E-state index in [2.05, 4.69) is 12.1 Å². The molecule has 8 nitrogen and oxygen atoms in total. The van der Waals surface area contributed by atoms with Gasteiger partial charge in [0.2, 0.25) is 0 Å². The maximum Gasteiger partial charge on any atom is 0.308 e. The van der Waals surface area contributed by atoms with Gasteiger partial charge in [-0.2, -0.15) is 0 Å². The van der Waals surface area contributed by atoms with Crippen molar-refractivity contribution in [1.29, 1.82) is 0 Å². The zero-order valence-electron chi connectivity index (χ0n) is 29.6. The Morgan fingerprint density at radius 2 is 0.898 bits per heavy atom. The third kappa shape index (κ3) is 8.77. The van der Waals surface area contributed by atoms with Crippen molar-refractivity contribution in [3.63, 3.8) is 0 Å². The number of hydrogen-bond donors (Lipinski definition) is 0. The smallest absolute Gasteiger partial charge is 0.308 e. The Balaban J connectivity index is 1.79. The molecule has 49 heavy (non-hydrogen) atoms. The van der Waals surface area contributed by atoms with Crippen LogP contribution in [-0.4, -0.2) is 23.9 Å². The highest BCUT2D eigenvalue weighted by molar-refractivity contribution is 5.74. The van der Waals surface area contributed by atoms with Gasteiger partial charge in [0.05, 0.1) is 0 Å². The minimum atomic E-state index is -0.537. The Morgan fingerprint density at radius 3 is 1.31 bits per heavy atom. The molecule has 5 rings (SSSR count). The van der Waals surface area contributed by atoms with Crippen molar-refractivity contribution in [3.05, 3.63) is 81.4 Å².